The third kappa shape index (κ3) is 5.23. The number of hydrogen-bond acceptors (Lipinski definition) is 5. The van der Waals surface area contributed by atoms with E-state index in [1.54, 1.807) is 0 Å². The van der Waals surface area contributed by atoms with Gasteiger partial charge in [-0.3, -0.25) is 9.59 Å². The largest absolute Gasteiger partial charge is 0.390 e. The predicted molar refractivity (Wildman–Crippen MR) is 101 cm³/mol. The van der Waals surface area contributed by atoms with Crippen LogP contribution in [0.5, 0.6) is 0 Å². The number of aliphatic hydroxyl groups excluding tert-OH is 2. The first kappa shape index (κ1) is 20.6. The van der Waals surface area contributed by atoms with Gasteiger partial charge in [0, 0.05) is 24.6 Å². The van der Waals surface area contributed by atoms with Gasteiger partial charge in [0.2, 0.25) is 11.8 Å². The summed E-state index contributed by atoms with van der Waals surface area (Å²) in [6.07, 6.45) is 5.57. The second-order valence-corrected chi connectivity index (χ2v) is 7.89. The zero-order valence-corrected chi connectivity index (χ0v) is 15.9. The van der Waals surface area contributed by atoms with Crippen LogP contribution >= 0.6 is 0 Å². The Kier molecular flexibility index (Phi) is 6.90. The quantitative estimate of drug-likeness (QED) is 0.379. The Bertz CT molecular complexity index is 632. The lowest BCUT2D eigenvalue weighted by Crippen LogP contribution is -2.55. The van der Waals surface area contributed by atoms with Crippen molar-refractivity contribution in [3.63, 3.8) is 0 Å². The van der Waals surface area contributed by atoms with Crippen LogP contribution in [0.3, 0.4) is 0 Å². The second kappa shape index (κ2) is 9.38. The number of piperidine rings is 1. The minimum absolute atomic E-state index is 0.0379. The normalized spacial score (nSPS) is 31.4. The molecule has 28 heavy (non-hydrogen) atoms. The average Bonchev–Trinajstić information content (AvgIpc) is 2.67. The van der Waals surface area contributed by atoms with Crippen molar-refractivity contribution < 1.29 is 24.6 Å². The standard InChI is InChI=1S/C19H30N4O5/c24-15-10-11(17(26)22-13-7-4-8-20-18(13)27)9-14(16(15)25)23-19(28)21-12-5-2-1-3-6-12/h9,12-16,24-25H,1-8,10H2,(H,20,27)(H,22,26)(H2,21,23,28). The molecule has 1 saturated carbocycles. The zero-order chi connectivity index (χ0) is 20.1. The molecule has 156 valence electrons. The number of hydrogen-bond donors (Lipinski definition) is 6. The molecule has 1 saturated heterocycles. The number of rotatable bonds is 4. The van der Waals surface area contributed by atoms with E-state index < -0.39 is 36.2 Å². The Labute approximate surface area is 164 Å². The van der Waals surface area contributed by atoms with Crippen molar-refractivity contribution in [1.82, 2.24) is 21.3 Å². The molecule has 0 radical (unpaired) electrons. The van der Waals surface area contributed by atoms with Crippen molar-refractivity contribution >= 4 is 17.8 Å². The molecule has 2 fully saturated rings. The van der Waals surface area contributed by atoms with Crippen LogP contribution in [0, 0.1) is 0 Å². The van der Waals surface area contributed by atoms with E-state index in [9.17, 15) is 24.6 Å². The van der Waals surface area contributed by atoms with Crippen molar-refractivity contribution in [1.29, 1.82) is 0 Å². The summed E-state index contributed by atoms with van der Waals surface area (Å²) in [5.74, 6) is -0.689. The SMILES string of the molecule is O=C(NC1CCCCC1)NC1C=C(C(=O)NC2CCCNC2=O)CC(O)C1O. The van der Waals surface area contributed by atoms with Crippen molar-refractivity contribution in [3.05, 3.63) is 11.6 Å². The maximum atomic E-state index is 12.5. The molecule has 4 unspecified atom stereocenters. The van der Waals surface area contributed by atoms with E-state index in [4.69, 9.17) is 0 Å². The molecule has 9 nitrogen and oxygen atoms in total. The van der Waals surface area contributed by atoms with Crippen LogP contribution in [-0.4, -0.2) is 64.9 Å². The van der Waals surface area contributed by atoms with Gasteiger partial charge in [-0.1, -0.05) is 25.3 Å². The van der Waals surface area contributed by atoms with Gasteiger partial charge in [-0.2, -0.15) is 0 Å². The lowest BCUT2D eigenvalue weighted by molar-refractivity contribution is -0.129. The molecule has 4 atom stereocenters. The Morgan fingerprint density at radius 3 is 2.46 bits per heavy atom. The van der Waals surface area contributed by atoms with Crippen LogP contribution in [0.1, 0.15) is 51.4 Å². The minimum Gasteiger partial charge on any atom is -0.390 e. The third-order valence-electron chi connectivity index (χ3n) is 5.69. The van der Waals surface area contributed by atoms with Crippen molar-refractivity contribution in [3.8, 4) is 0 Å². The first-order valence-corrected chi connectivity index (χ1v) is 10.2. The summed E-state index contributed by atoms with van der Waals surface area (Å²) in [6, 6.07) is -1.80. The molecule has 3 aliphatic rings. The highest BCUT2D eigenvalue weighted by molar-refractivity contribution is 5.97. The van der Waals surface area contributed by atoms with E-state index in [0.29, 0.717) is 13.0 Å². The predicted octanol–water partition coefficient (Wildman–Crippen LogP) is -0.566. The molecule has 6 N–H and O–H groups in total. The fraction of sp³-hybridized carbons (Fsp3) is 0.737. The minimum atomic E-state index is -1.20. The highest BCUT2D eigenvalue weighted by atomic mass is 16.3. The van der Waals surface area contributed by atoms with Crippen LogP contribution < -0.4 is 21.3 Å². The maximum Gasteiger partial charge on any atom is 0.315 e. The van der Waals surface area contributed by atoms with Gasteiger partial charge < -0.3 is 31.5 Å². The fourth-order valence-electron chi connectivity index (χ4n) is 4.05. The third-order valence-corrected chi connectivity index (χ3v) is 5.69. The van der Waals surface area contributed by atoms with Crippen LogP contribution in [-0.2, 0) is 9.59 Å². The second-order valence-electron chi connectivity index (χ2n) is 7.89. The zero-order valence-electron chi connectivity index (χ0n) is 15.9. The summed E-state index contributed by atoms with van der Waals surface area (Å²) in [5, 5.41) is 31.3. The lowest BCUT2D eigenvalue weighted by Gasteiger charge is -2.32. The van der Waals surface area contributed by atoms with Crippen molar-refractivity contribution in [2.24, 2.45) is 0 Å². The van der Waals surface area contributed by atoms with E-state index in [1.807, 2.05) is 0 Å². The number of amides is 4. The fourth-order valence-corrected chi connectivity index (χ4v) is 4.05. The average molecular weight is 394 g/mol. The highest BCUT2D eigenvalue weighted by Crippen LogP contribution is 2.21. The maximum absolute atomic E-state index is 12.5. The molecule has 4 amide bonds. The summed E-state index contributed by atoms with van der Waals surface area (Å²) in [4.78, 5) is 36.6. The summed E-state index contributed by atoms with van der Waals surface area (Å²) in [6.45, 7) is 0.598. The van der Waals surface area contributed by atoms with Gasteiger partial charge in [0.25, 0.3) is 0 Å². The van der Waals surface area contributed by atoms with Crippen LogP contribution in [0.25, 0.3) is 0 Å². The van der Waals surface area contributed by atoms with Crippen LogP contribution in [0.15, 0.2) is 11.6 Å². The molecule has 0 bridgehead atoms. The van der Waals surface area contributed by atoms with E-state index in [-0.39, 0.29) is 23.9 Å². The Morgan fingerprint density at radius 2 is 1.75 bits per heavy atom. The Hall–Kier alpha value is -2.13. The van der Waals surface area contributed by atoms with E-state index in [0.717, 1.165) is 32.1 Å². The molecular weight excluding hydrogens is 364 g/mol. The molecule has 0 aromatic heterocycles. The number of nitrogens with one attached hydrogen (secondary N) is 4. The van der Waals surface area contributed by atoms with Gasteiger partial charge in [0.15, 0.2) is 0 Å². The van der Waals surface area contributed by atoms with Gasteiger partial charge in [0.05, 0.1) is 12.1 Å². The molecule has 0 spiro atoms. The molecule has 1 heterocycles. The molecule has 9 heteroatoms. The van der Waals surface area contributed by atoms with E-state index in [2.05, 4.69) is 21.3 Å². The molecular formula is C19H30N4O5. The lowest BCUT2D eigenvalue weighted by atomic mass is 9.89. The number of carbonyl (C=O) groups excluding carboxylic acids is 3. The number of urea groups is 1. The Morgan fingerprint density at radius 1 is 1.00 bits per heavy atom. The summed E-state index contributed by atoms with van der Waals surface area (Å²) >= 11 is 0. The molecule has 3 rings (SSSR count). The Balaban J connectivity index is 1.60. The summed E-state index contributed by atoms with van der Waals surface area (Å²) < 4.78 is 0. The van der Waals surface area contributed by atoms with Crippen molar-refractivity contribution in [2.75, 3.05) is 6.54 Å². The first-order chi connectivity index (χ1) is 13.4. The van der Waals surface area contributed by atoms with Crippen LogP contribution in [0.2, 0.25) is 0 Å². The van der Waals surface area contributed by atoms with E-state index >= 15 is 0 Å². The number of aliphatic hydroxyl groups is 2. The van der Waals surface area contributed by atoms with E-state index in [1.165, 1.54) is 12.5 Å². The summed E-state index contributed by atoms with van der Waals surface area (Å²) in [7, 11) is 0. The first-order valence-electron chi connectivity index (χ1n) is 10.2. The van der Waals surface area contributed by atoms with Gasteiger partial charge in [-0.15, -0.1) is 0 Å². The van der Waals surface area contributed by atoms with Crippen LogP contribution in [0.4, 0.5) is 4.79 Å². The number of carbonyl (C=O) groups is 3. The van der Waals surface area contributed by atoms with Gasteiger partial charge in [0.1, 0.15) is 12.1 Å². The van der Waals surface area contributed by atoms with Gasteiger partial charge >= 0.3 is 6.03 Å². The monoisotopic (exact) mass is 394 g/mol. The molecule has 0 aromatic carbocycles. The van der Waals surface area contributed by atoms with Gasteiger partial charge in [-0.05, 0) is 25.7 Å². The van der Waals surface area contributed by atoms with Crippen molar-refractivity contribution in [2.45, 2.75) is 81.7 Å². The molecule has 2 aliphatic carbocycles. The van der Waals surface area contributed by atoms with Gasteiger partial charge in [-0.25, -0.2) is 4.79 Å². The smallest absolute Gasteiger partial charge is 0.315 e. The molecule has 0 aromatic rings. The topological polar surface area (TPSA) is 140 Å². The highest BCUT2D eigenvalue weighted by Gasteiger charge is 2.35. The summed E-state index contributed by atoms with van der Waals surface area (Å²) in [5.41, 5.74) is 0.249. The molecule has 1 aliphatic heterocycles.